The van der Waals surface area contributed by atoms with Crippen molar-refractivity contribution in [3.05, 3.63) is 18.2 Å². The van der Waals surface area contributed by atoms with Gasteiger partial charge in [0.2, 0.25) is 0 Å². The number of methoxy groups -OCH3 is 1. The molecule has 15 heavy (non-hydrogen) atoms. The van der Waals surface area contributed by atoms with E-state index in [9.17, 15) is 5.11 Å². The molecule has 1 aromatic rings. The summed E-state index contributed by atoms with van der Waals surface area (Å²) in [6, 6.07) is 5.59. The lowest BCUT2D eigenvalue weighted by atomic mass is 10.2. The van der Waals surface area contributed by atoms with Gasteiger partial charge in [-0.3, -0.25) is 0 Å². The second kappa shape index (κ2) is 3.62. The quantitative estimate of drug-likeness (QED) is 0.651. The first-order valence-corrected chi connectivity index (χ1v) is 5.02. The van der Waals surface area contributed by atoms with Crippen LogP contribution >= 0.6 is 0 Å². The fourth-order valence-corrected chi connectivity index (χ4v) is 1.59. The first kappa shape index (κ1) is 10.1. The van der Waals surface area contributed by atoms with Gasteiger partial charge in [-0.25, -0.2) is 0 Å². The molecule has 4 N–H and O–H groups in total. The Bertz CT molecular complexity index is 362. The molecule has 0 amide bonds. The fraction of sp³-hybridized carbons (Fsp3) is 0.455. The summed E-state index contributed by atoms with van der Waals surface area (Å²) in [5.41, 5.74) is 7.19. The van der Waals surface area contributed by atoms with Crippen molar-refractivity contribution in [1.82, 2.24) is 0 Å². The van der Waals surface area contributed by atoms with Crippen LogP contribution in [-0.2, 0) is 0 Å². The van der Waals surface area contributed by atoms with Gasteiger partial charge < -0.3 is 20.9 Å². The van der Waals surface area contributed by atoms with Crippen LogP contribution in [0.5, 0.6) is 5.75 Å². The third-order valence-electron chi connectivity index (χ3n) is 2.84. The number of anilines is 2. The van der Waals surface area contributed by atoms with Gasteiger partial charge in [0, 0.05) is 0 Å². The molecule has 0 atom stereocenters. The van der Waals surface area contributed by atoms with E-state index in [4.69, 9.17) is 10.5 Å². The number of para-hydroxylation sites is 1. The molecule has 1 saturated carbocycles. The summed E-state index contributed by atoms with van der Waals surface area (Å²) < 4.78 is 5.13. The predicted octanol–water partition coefficient (Wildman–Crippen LogP) is 1.21. The lowest BCUT2D eigenvalue weighted by Crippen LogP contribution is -2.26. The van der Waals surface area contributed by atoms with Crippen molar-refractivity contribution in [2.75, 3.05) is 24.8 Å². The van der Waals surface area contributed by atoms with Crippen molar-refractivity contribution in [2.45, 2.75) is 18.4 Å². The molecule has 0 saturated heterocycles. The standard InChI is InChI=1S/C11H16N2O2/c1-15-9-4-2-3-8(10(9)12)13-11(7-14)5-6-11/h2-4,13-14H,5-7,12H2,1H3. The van der Waals surface area contributed by atoms with Gasteiger partial charge in [0.05, 0.1) is 30.6 Å². The van der Waals surface area contributed by atoms with Crippen molar-refractivity contribution >= 4 is 11.4 Å². The largest absolute Gasteiger partial charge is 0.495 e. The van der Waals surface area contributed by atoms with Crippen LogP contribution < -0.4 is 15.8 Å². The summed E-state index contributed by atoms with van der Waals surface area (Å²) in [7, 11) is 1.59. The highest BCUT2D eigenvalue weighted by Gasteiger charge is 2.42. The number of ether oxygens (including phenoxy) is 1. The summed E-state index contributed by atoms with van der Waals surface area (Å²) in [5.74, 6) is 0.661. The maximum absolute atomic E-state index is 9.20. The van der Waals surface area contributed by atoms with E-state index in [1.165, 1.54) is 0 Å². The van der Waals surface area contributed by atoms with E-state index in [-0.39, 0.29) is 12.1 Å². The fourth-order valence-electron chi connectivity index (χ4n) is 1.59. The highest BCUT2D eigenvalue weighted by atomic mass is 16.5. The highest BCUT2D eigenvalue weighted by Crippen LogP contribution is 2.41. The zero-order chi connectivity index (χ0) is 10.9. The van der Waals surface area contributed by atoms with Crippen LogP contribution in [0.4, 0.5) is 11.4 Å². The zero-order valence-corrected chi connectivity index (χ0v) is 8.79. The number of nitrogen functional groups attached to an aromatic ring is 1. The summed E-state index contributed by atoms with van der Waals surface area (Å²) in [4.78, 5) is 0. The monoisotopic (exact) mass is 208 g/mol. The number of nitrogens with two attached hydrogens (primary N) is 1. The van der Waals surface area contributed by atoms with Crippen molar-refractivity contribution in [1.29, 1.82) is 0 Å². The van der Waals surface area contributed by atoms with Gasteiger partial charge in [0.1, 0.15) is 5.75 Å². The van der Waals surface area contributed by atoms with E-state index in [2.05, 4.69) is 5.32 Å². The lowest BCUT2D eigenvalue weighted by Gasteiger charge is -2.18. The number of hydrogen-bond donors (Lipinski definition) is 3. The molecule has 2 rings (SSSR count). The van der Waals surface area contributed by atoms with E-state index in [1.54, 1.807) is 7.11 Å². The van der Waals surface area contributed by atoms with Crippen molar-refractivity contribution in [2.24, 2.45) is 0 Å². The summed E-state index contributed by atoms with van der Waals surface area (Å²) in [6.45, 7) is 0.143. The molecule has 0 aromatic heterocycles. The van der Waals surface area contributed by atoms with Gasteiger partial charge in [-0.2, -0.15) is 0 Å². The molecule has 1 aliphatic rings. The van der Waals surface area contributed by atoms with E-state index < -0.39 is 0 Å². The Labute approximate surface area is 89.0 Å². The Morgan fingerprint density at radius 3 is 2.80 bits per heavy atom. The van der Waals surface area contributed by atoms with Crippen LogP contribution in [0.2, 0.25) is 0 Å². The third kappa shape index (κ3) is 1.85. The zero-order valence-electron chi connectivity index (χ0n) is 8.79. The molecule has 0 unspecified atom stereocenters. The molecule has 0 bridgehead atoms. The Morgan fingerprint density at radius 2 is 2.27 bits per heavy atom. The van der Waals surface area contributed by atoms with Crippen LogP contribution in [0.25, 0.3) is 0 Å². The minimum atomic E-state index is -0.152. The van der Waals surface area contributed by atoms with Crippen LogP contribution in [0.15, 0.2) is 18.2 Å². The highest BCUT2D eigenvalue weighted by molar-refractivity contribution is 5.74. The van der Waals surface area contributed by atoms with E-state index in [1.807, 2.05) is 18.2 Å². The molecule has 1 aliphatic carbocycles. The molecule has 4 nitrogen and oxygen atoms in total. The Morgan fingerprint density at radius 1 is 1.53 bits per heavy atom. The minimum Gasteiger partial charge on any atom is -0.495 e. The third-order valence-corrected chi connectivity index (χ3v) is 2.84. The molecule has 0 spiro atoms. The number of nitrogens with one attached hydrogen (secondary N) is 1. The van der Waals surface area contributed by atoms with E-state index >= 15 is 0 Å². The summed E-state index contributed by atoms with van der Waals surface area (Å²) in [6.07, 6.45) is 1.97. The molecular weight excluding hydrogens is 192 g/mol. The Hall–Kier alpha value is -1.42. The number of rotatable bonds is 4. The predicted molar refractivity (Wildman–Crippen MR) is 60.1 cm³/mol. The average molecular weight is 208 g/mol. The van der Waals surface area contributed by atoms with Crippen LogP contribution in [0, 0.1) is 0 Å². The van der Waals surface area contributed by atoms with Gasteiger partial charge in [-0.05, 0) is 25.0 Å². The normalized spacial score (nSPS) is 17.2. The molecule has 0 heterocycles. The van der Waals surface area contributed by atoms with Crippen molar-refractivity contribution in [3.63, 3.8) is 0 Å². The molecule has 0 aliphatic heterocycles. The SMILES string of the molecule is COc1cccc(NC2(CO)CC2)c1N. The smallest absolute Gasteiger partial charge is 0.143 e. The van der Waals surface area contributed by atoms with Gasteiger partial charge in [0.15, 0.2) is 0 Å². The molecule has 0 radical (unpaired) electrons. The van der Waals surface area contributed by atoms with Crippen LogP contribution in [0.1, 0.15) is 12.8 Å². The van der Waals surface area contributed by atoms with Crippen LogP contribution in [0.3, 0.4) is 0 Å². The second-order valence-electron chi connectivity index (χ2n) is 3.98. The summed E-state index contributed by atoms with van der Waals surface area (Å²) >= 11 is 0. The molecule has 4 heteroatoms. The first-order valence-electron chi connectivity index (χ1n) is 5.02. The maximum Gasteiger partial charge on any atom is 0.143 e. The molecule has 1 aromatic carbocycles. The summed E-state index contributed by atoms with van der Waals surface area (Å²) in [5, 5.41) is 12.5. The Kier molecular flexibility index (Phi) is 2.44. The maximum atomic E-state index is 9.20. The van der Waals surface area contributed by atoms with Crippen molar-refractivity contribution in [3.8, 4) is 5.75 Å². The molecule has 1 fully saturated rings. The van der Waals surface area contributed by atoms with Gasteiger partial charge in [0.25, 0.3) is 0 Å². The van der Waals surface area contributed by atoms with E-state index in [0.29, 0.717) is 11.4 Å². The van der Waals surface area contributed by atoms with Crippen LogP contribution in [-0.4, -0.2) is 24.4 Å². The first-order chi connectivity index (χ1) is 7.21. The van der Waals surface area contributed by atoms with Gasteiger partial charge in [-0.1, -0.05) is 6.07 Å². The molecular formula is C11H16N2O2. The van der Waals surface area contributed by atoms with Gasteiger partial charge >= 0.3 is 0 Å². The number of aliphatic hydroxyl groups excluding tert-OH is 1. The second-order valence-corrected chi connectivity index (χ2v) is 3.98. The lowest BCUT2D eigenvalue weighted by molar-refractivity contribution is 0.266. The topological polar surface area (TPSA) is 67.5 Å². The number of benzene rings is 1. The van der Waals surface area contributed by atoms with E-state index in [0.717, 1.165) is 18.5 Å². The van der Waals surface area contributed by atoms with Gasteiger partial charge in [-0.15, -0.1) is 0 Å². The average Bonchev–Trinajstić information content (AvgIpc) is 3.02. The number of hydrogen-bond acceptors (Lipinski definition) is 4. The number of aliphatic hydroxyl groups is 1. The molecule has 82 valence electrons. The minimum absolute atomic E-state index is 0.143. The Balaban J connectivity index is 2.21. The van der Waals surface area contributed by atoms with Crippen molar-refractivity contribution < 1.29 is 9.84 Å².